The van der Waals surface area contributed by atoms with E-state index in [0.717, 1.165) is 12.6 Å². The summed E-state index contributed by atoms with van der Waals surface area (Å²) in [5, 5.41) is 22.2. The Morgan fingerprint density at radius 2 is 1.43 bits per heavy atom. The molecule has 0 heterocycles. The van der Waals surface area contributed by atoms with Crippen molar-refractivity contribution in [1.29, 1.82) is 0 Å². The molecule has 0 saturated heterocycles. The van der Waals surface area contributed by atoms with Crippen LogP contribution >= 0.6 is 0 Å². The lowest BCUT2D eigenvalue weighted by atomic mass is 9.85. The molecule has 0 aliphatic heterocycles. The third kappa shape index (κ3) is 2.83. The average Bonchev–Trinajstić information content (AvgIpc) is 2.41. The third-order valence-corrected chi connectivity index (χ3v) is 2.86. The lowest BCUT2D eigenvalue weighted by Gasteiger charge is -2.22. The summed E-state index contributed by atoms with van der Waals surface area (Å²) in [7, 11) is 1.04. The van der Waals surface area contributed by atoms with Crippen LogP contribution < -0.4 is 10.6 Å². The van der Waals surface area contributed by atoms with Crippen LogP contribution in [-0.4, -0.2) is 41.0 Å². The number of rotatable bonds is 5. The zero-order valence-electron chi connectivity index (χ0n) is 11.3. The number of hydrogen-bond donors (Lipinski definition) is 4. The van der Waals surface area contributed by atoms with Crippen molar-refractivity contribution in [2.75, 3.05) is 12.4 Å². The highest BCUT2D eigenvalue weighted by Gasteiger charge is 2.60. The van der Waals surface area contributed by atoms with E-state index in [-0.39, 0.29) is 5.69 Å². The number of carboxylic acids is 2. The monoisotopic (exact) mass is 294 g/mol. The standard InChI is InChI=1S/C13H14N2O6/c1-7-3-5-8(6-4-7)15-10(17)13(11(18)19,12(20)21)9(16)14-2/h3-6H,1-2H3,(H,14,16)(H,15,17)(H,18,19)(H,20,21). The number of hydrogen-bond acceptors (Lipinski definition) is 4. The van der Waals surface area contributed by atoms with Gasteiger partial charge in [0.2, 0.25) is 0 Å². The van der Waals surface area contributed by atoms with E-state index in [1.165, 1.54) is 12.1 Å². The fraction of sp³-hybridized carbons (Fsp3) is 0.231. The second kappa shape index (κ2) is 6.04. The van der Waals surface area contributed by atoms with Crippen LogP contribution in [0.5, 0.6) is 0 Å². The van der Waals surface area contributed by atoms with Crippen molar-refractivity contribution in [1.82, 2.24) is 5.32 Å². The van der Waals surface area contributed by atoms with Gasteiger partial charge >= 0.3 is 17.4 Å². The molecule has 0 spiro atoms. The minimum absolute atomic E-state index is 0.182. The molecular formula is C13H14N2O6. The van der Waals surface area contributed by atoms with Gasteiger partial charge in [0.25, 0.3) is 11.8 Å². The first-order valence-electron chi connectivity index (χ1n) is 5.84. The minimum Gasteiger partial charge on any atom is -0.480 e. The molecule has 1 rings (SSSR count). The summed E-state index contributed by atoms with van der Waals surface area (Å²) in [5.74, 6) is -7.03. The predicted octanol–water partition coefficient (Wildman–Crippen LogP) is -0.165. The largest absolute Gasteiger partial charge is 0.480 e. The first-order chi connectivity index (χ1) is 9.76. The summed E-state index contributed by atoms with van der Waals surface area (Å²) in [6, 6.07) is 6.20. The van der Waals surface area contributed by atoms with Crippen LogP contribution in [0.15, 0.2) is 24.3 Å². The predicted molar refractivity (Wildman–Crippen MR) is 71.6 cm³/mol. The minimum atomic E-state index is -3.25. The molecule has 1 aromatic carbocycles. The lowest BCUT2D eigenvalue weighted by molar-refractivity contribution is -0.170. The summed E-state index contributed by atoms with van der Waals surface area (Å²) >= 11 is 0. The Balaban J connectivity index is 3.23. The van der Waals surface area contributed by atoms with E-state index in [9.17, 15) is 19.2 Å². The van der Waals surface area contributed by atoms with Gasteiger partial charge in [-0.1, -0.05) is 17.7 Å². The van der Waals surface area contributed by atoms with Crippen LogP contribution in [0.4, 0.5) is 5.69 Å². The molecule has 2 amide bonds. The molecule has 0 unspecified atom stereocenters. The summed E-state index contributed by atoms with van der Waals surface area (Å²) in [6.07, 6.45) is 0. The van der Waals surface area contributed by atoms with Crippen molar-refractivity contribution < 1.29 is 29.4 Å². The molecule has 0 saturated carbocycles. The molecular weight excluding hydrogens is 280 g/mol. The number of carbonyl (C=O) groups is 4. The highest BCUT2D eigenvalue weighted by Crippen LogP contribution is 2.22. The molecule has 1 aromatic rings. The number of aryl methyl sites for hydroxylation is 1. The van der Waals surface area contributed by atoms with Crippen molar-refractivity contribution in [2.24, 2.45) is 5.41 Å². The molecule has 0 aromatic heterocycles. The van der Waals surface area contributed by atoms with Gasteiger partial charge in [0.1, 0.15) is 0 Å². The fourth-order valence-corrected chi connectivity index (χ4v) is 1.63. The second-order valence-electron chi connectivity index (χ2n) is 4.26. The van der Waals surface area contributed by atoms with E-state index >= 15 is 0 Å². The van der Waals surface area contributed by atoms with Crippen molar-refractivity contribution in [3.63, 3.8) is 0 Å². The lowest BCUT2D eigenvalue weighted by Crippen LogP contribution is -2.58. The Kier molecular flexibility index (Phi) is 4.64. The maximum absolute atomic E-state index is 12.1. The van der Waals surface area contributed by atoms with Gasteiger partial charge in [-0.05, 0) is 19.1 Å². The molecule has 0 aliphatic carbocycles. The van der Waals surface area contributed by atoms with E-state index in [0.29, 0.717) is 0 Å². The van der Waals surface area contributed by atoms with Gasteiger partial charge in [0, 0.05) is 12.7 Å². The van der Waals surface area contributed by atoms with Gasteiger partial charge < -0.3 is 20.8 Å². The number of nitrogens with one attached hydrogen (secondary N) is 2. The van der Waals surface area contributed by atoms with Gasteiger partial charge in [-0.15, -0.1) is 0 Å². The molecule has 0 atom stereocenters. The average molecular weight is 294 g/mol. The Labute approximate surface area is 119 Å². The highest BCUT2D eigenvalue weighted by molar-refractivity contribution is 6.36. The molecule has 0 fully saturated rings. The van der Waals surface area contributed by atoms with Crippen LogP contribution in [0.3, 0.4) is 0 Å². The van der Waals surface area contributed by atoms with Crippen LogP contribution in [0, 0.1) is 12.3 Å². The van der Waals surface area contributed by atoms with Crippen molar-refractivity contribution in [3.05, 3.63) is 29.8 Å². The van der Waals surface area contributed by atoms with Crippen molar-refractivity contribution in [3.8, 4) is 0 Å². The molecule has 21 heavy (non-hydrogen) atoms. The molecule has 4 N–H and O–H groups in total. The van der Waals surface area contributed by atoms with Gasteiger partial charge in [0.05, 0.1) is 0 Å². The van der Waals surface area contributed by atoms with Crippen LogP contribution in [0.2, 0.25) is 0 Å². The molecule has 0 radical (unpaired) electrons. The number of carbonyl (C=O) groups excluding carboxylic acids is 2. The van der Waals surface area contributed by atoms with Gasteiger partial charge in [-0.25, -0.2) is 9.59 Å². The first-order valence-corrected chi connectivity index (χ1v) is 5.84. The molecule has 112 valence electrons. The Bertz CT molecular complexity index is 579. The quantitative estimate of drug-likeness (QED) is 0.557. The zero-order chi connectivity index (χ0) is 16.2. The summed E-state index contributed by atoms with van der Waals surface area (Å²) in [4.78, 5) is 46.2. The number of anilines is 1. The normalized spacial score (nSPS) is 10.6. The Morgan fingerprint density at radius 3 is 1.81 bits per heavy atom. The second-order valence-corrected chi connectivity index (χ2v) is 4.26. The number of amides is 2. The number of carboxylic acid groups (broad SMARTS) is 2. The molecule has 0 aliphatic rings. The molecule has 0 bridgehead atoms. The Hall–Kier alpha value is -2.90. The maximum Gasteiger partial charge on any atom is 0.340 e. The Morgan fingerprint density at radius 1 is 0.952 bits per heavy atom. The van der Waals surface area contributed by atoms with Gasteiger partial charge in [-0.2, -0.15) is 0 Å². The number of benzene rings is 1. The summed E-state index contributed by atoms with van der Waals surface area (Å²) in [5.41, 5.74) is -2.18. The summed E-state index contributed by atoms with van der Waals surface area (Å²) < 4.78 is 0. The van der Waals surface area contributed by atoms with Crippen LogP contribution in [0.25, 0.3) is 0 Å². The van der Waals surface area contributed by atoms with Crippen molar-refractivity contribution in [2.45, 2.75) is 6.92 Å². The van der Waals surface area contributed by atoms with Crippen LogP contribution in [0.1, 0.15) is 5.56 Å². The molecule has 8 heteroatoms. The first kappa shape index (κ1) is 16.2. The van der Waals surface area contributed by atoms with Crippen molar-refractivity contribution >= 4 is 29.4 Å². The maximum atomic E-state index is 12.1. The fourth-order valence-electron chi connectivity index (χ4n) is 1.63. The van der Waals surface area contributed by atoms with E-state index in [1.54, 1.807) is 19.1 Å². The van der Waals surface area contributed by atoms with E-state index in [4.69, 9.17) is 10.2 Å². The van der Waals surface area contributed by atoms with E-state index < -0.39 is 29.2 Å². The van der Waals surface area contributed by atoms with Gasteiger partial charge in [-0.3, -0.25) is 9.59 Å². The topological polar surface area (TPSA) is 133 Å². The molecule has 8 nitrogen and oxygen atoms in total. The SMILES string of the molecule is CNC(=O)C(C(=O)O)(C(=O)O)C(=O)Nc1ccc(C)cc1. The van der Waals surface area contributed by atoms with E-state index in [1.807, 2.05) is 5.32 Å². The smallest absolute Gasteiger partial charge is 0.340 e. The van der Waals surface area contributed by atoms with Gasteiger partial charge in [0.15, 0.2) is 0 Å². The summed E-state index contributed by atoms with van der Waals surface area (Å²) in [6.45, 7) is 1.80. The van der Waals surface area contributed by atoms with Crippen LogP contribution in [-0.2, 0) is 19.2 Å². The zero-order valence-corrected chi connectivity index (χ0v) is 11.3. The third-order valence-electron chi connectivity index (χ3n) is 2.86. The van der Waals surface area contributed by atoms with E-state index in [2.05, 4.69) is 5.32 Å². The highest BCUT2D eigenvalue weighted by atomic mass is 16.4. The number of aliphatic carboxylic acids is 2.